The zero-order valence-corrected chi connectivity index (χ0v) is 6.43. The molecule has 0 heterocycles. The van der Waals surface area contributed by atoms with E-state index in [2.05, 4.69) is 0 Å². The first kappa shape index (κ1) is 7.68. The summed E-state index contributed by atoms with van der Waals surface area (Å²) in [7, 11) is 0. The molecule has 2 N–H and O–H groups in total. The van der Waals surface area contributed by atoms with Crippen molar-refractivity contribution in [3.8, 4) is 0 Å². The molecule has 2 unspecified atom stereocenters. The van der Waals surface area contributed by atoms with E-state index >= 15 is 0 Å². The van der Waals surface area contributed by atoms with Gasteiger partial charge in [0.2, 0.25) is 0 Å². The van der Waals surface area contributed by atoms with Crippen molar-refractivity contribution in [3.63, 3.8) is 0 Å². The number of rotatable bonds is 1. The van der Waals surface area contributed by atoms with E-state index in [9.17, 15) is 8.78 Å². The molecule has 2 atom stereocenters. The molecule has 0 bridgehead atoms. The highest BCUT2D eigenvalue weighted by Gasteiger charge is 2.55. The van der Waals surface area contributed by atoms with E-state index in [1.807, 2.05) is 0 Å². The van der Waals surface area contributed by atoms with E-state index in [0.29, 0.717) is 0 Å². The summed E-state index contributed by atoms with van der Waals surface area (Å²) in [4.78, 5) is 0. The second kappa shape index (κ2) is 2.26. The van der Waals surface area contributed by atoms with Crippen LogP contribution in [0.3, 0.4) is 0 Å². The maximum atomic E-state index is 13.5. The van der Waals surface area contributed by atoms with Crippen molar-refractivity contribution < 1.29 is 8.78 Å². The van der Waals surface area contributed by atoms with Crippen LogP contribution in [-0.2, 0) is 5.67 Å². The highest BCUT2D eigenvalue weighted by molar-refractivity contribution is 5.33. The smallest absolute Gasteiger partial charge is 0.155 e. The van der Waals surface area contributed by atoms with Crippen LogP contribution < -0.4 is 5.73 Å². The molecular weight excluding hydrogens is 160 g/mol. The van der Waals surface area contributed by atoms with Gasteiger partial charge in [-0.15, -0.1) is 0 Å². The van der Waals surface area contributed by atoms with Crippen LogP contribution >= 0.6 is 0 Å². The van der Waals surface area contributed by atoms with Gasteiger partial charge in [-0.2, -0.15) is 0 Å². The lowest BCUT2D eigenvalue weighted by atomic mass is 10.1. The molecule has 0 aliphatic heterocycles. The average molecular weight is 169 g/mol. The Bertz CT molecular complexity index is 313. The summed E-state index contributed by atoms with van der Waals surface area (Å²) in [6.07, 6.45) is 0.230. The molecule has 1 fully saturated rings. The molecule has 0 saturated heterocycles. The number of nitrogens with two attached hydrogens (primary N) is 1. The van der Waals surface area contributed by atoms with Gasteiger partial charge in [0, 0.05) is 18.0 Å². The lowest BCUT2D eigenvalue weighted by Crippen LogP contribution is -2.14. The second-order valence-corrected chi connectivity index (χ2v) is 3.15. The minimum absolute atomic E-state index is 0.0949. The highest BCUT2D eigenvalue weighted by atomic mass is 19.2. The zero-order valence-electron chi connectivity index (χ0n) is 6.43. The topological polar surface area (TPSA) is 26.0 Å². The third-order valence-corrected chi connectivity index (χ3v) is 2.27. The fourth-order valence-electron chi connectivity index (χ4n) is 1.37. The van der Waals surface area contributed by atoms with Crippen LogP contribution in [0.15, 0.2) is 24.3 Å². The largest absolute Gasteiger partial charge is 0.325 e. The van der Waals surface area contributed by atoms with E-state index in [1.54, 1.807) is 6.07 Å². The standard InChI is InChI=1S/C9H9F2N/c10-7-4-2-1-3-6(7)9(11)5-8(9)12/h1-4,8H,5,12H2. The van der Waals surface area contributed by atoms with Crippen LogP contribution in [0, 0.1) is 5.82 Å². The lowest BCUT2D eigenvalue weighted by Gasteiger charge is -2.06. The summed E-state index contributed by atoms with van der Waals surface area (Å²) in [5.41, 5.74) is 3.85. The van der Waals surface area contributed by atoms with Crippen molar-refractivity contribution >= 4 is 0 Å². The van der Waals surface area contributed by atoms with Crippen molar-refractivity contribution in [2.45, 2.75) is 18.1 Å². The molecule has 2 rings (SSSR count). The summed E-state index contributed by atoms with van der Waals surface area (Å²) < 4.78 is 26.5. The maximum absolute atomic E-state index is 13.5. The fourth-order valence-corrected chi connectivity index (χ4v) is 1.37. The molecule has 1 aromatic rings. The Kier molecular flexibility index (Phi) is 1.45. The Morgan fingerprint density at radius 1 is 1.42 bits per heavy atom. The SMILES string of the molecule is NC1CC1(F)c1ccccc1F. The first-order valence-corrected chi connectivity index (χ1v) is 3.84. The molecule has 0 spiro atoms. The molecule has 1 aliphatic carbocycles. The Hall–Kier alpha value is -0.960. The van der Waals surface area contributed by atoms with E-state index in [0.717, 1.165) is 0 Å². The van der Waals surface area contributed by atoms with Crippen molar-refractivity contribution in [1.29, 1.82) is 0 Å². The number of benzene rings is 1. The van der Waals surface area contributed by atoms with Gasteiger partial charge in [-0.3, -0.25) is 0 Å². The van der Waals surface area contributed by atoms with E-state index in [-0.39, 0.29) is 12.0 Å². The molecule has 0 aromatic heterocycles. The Balaban J connectivity index is 2.41. The third-order valence-electron chi connectivity index (χ3n) is 2.27. The predicted molar refractivity (Wildman–Crippen MR) is 41.8 cm³/mol. The third kappa shape index (κ3) is 0.932. The van der Waals surface area contributed by atoms with Crippen LogP contribution in [0.5, 0.6) is 0 Å². The van der Waals surface area contributed by atoms with Crippen molar-refractivity contribution in [2.75, 3.05) is 0 Å². The molecule has 1 saturated carbocycles. The van der Waals surface area contributed by atoms with Crippen LogP contribution in [0.1, 0.15) is 12.0 Å². The predicted octanol–water partition coefficient (Wildman–Crippen LogP) is 1.72. The van der Waals surface area contributed by atoms with Gasteiger partial charge in [0.05, 0.1) is 0 Å². The molecule has 1 aromatic carbocycles. The minimum atomic E-state index is -1.61. The van der Waals surface area contributed by atoms with Crippen LogP contribution in [0.2, 0.25) is 0 Å². The van der Waals surface area contributed by atoms with Gasteiger partial charge in [0.1, 0.15) is 5.82 Å². The second-order valence-electron chi connectivity index (χ2n) is 3.15. The fraction of sp³-hybridized carbons (Fsp3) is 0.333. The molecule has 0 amide bonds. The molecule has 1 aliphatic rings. The summed E-state index contributed by atoms with van der Waals surface area (Å²) in [5.74, 6) is -0.507. The molecule has 12 heavy (non-hydrogen) atoms. The van der Waals surface area contributed by atoms with Crippen LogP contribution in [-0.4, -0.2) is 6.04 Å². The van der Waals surface area contributed by atoms with E-state index in [1.165, 1.54) is 18.2 Å². The van der Waals surface area contributed by atoms with Gasteiger partial charge in [0.15, 0.2) is 5.67 Å². The summed E-state index contributed by atoms with van der Waals surface area (Å²) in [6.45, 7) is 0. The number of alkyl halides is 1. The zero-order chi connectivity index (χ0) is 8.77. The Morgan fingerprint density at radius 3 is 2.50 bits per heavy atom. The van der Waals surface area contributed by atoms with E-state index in [4.69, 9.17) is 5.73 Å². The van der Waals surface area contributed by atoms with Gasteiger partial charge in [-0.25, -0.2) is 8.78 Å². The number of hydrogen-bond acceptors (Lipinski definition) is 1. The average Bonchev–Trinajstić information content (AvgIpc) is 2.61. The van der Waals surface area contributed by atoms with Crippen LogP contribution in [0.25, 0.3) is 0 Å². The Morgan fingerprint density at radius 2 is 2.00 bits per heavy atom. The molecule has 1 nitrogen and oxygen atoms in total. The van der Waals surface area contributed by atoms with Gasteiger partial charge in [-0.05, 0) is 6.07 Å². The molecule has 64 valence electrons. The van der Waals surface area contributed by atoms with Crippen molar-refractivity contribution in [1.82, 2.24) is 0 Å². The molecule has 0 radical (unpaired) electrons. The number of halogens is 2. The molecule has 3 heteroatoms. The summed E-state index contributed by atoms with van der Waals surface area (Å²) in [6, 6.07) is 5.32. The summed E-state index contributed by atoms with van der Waals surface area (Å²) >= 11 is 0. The number of hydrogen-bond donors (Lipinski definition) is 1. The first-order chi connectivity index (χ1) is 5.64. The van der Waals surface area contributed by atoms with E-state index < -0.39 is 17.5 Å². The first-order valence-electron chi connectivity index (χ1n) is 3.84. The quantitative estimate of drug-likeness (QED) is 0.680. The lowest BCUT2D eigenvalue weighted by molar-refractivity contribution is 0.296. The van der Waals surface area contributed by atoms with Gasteiger partial charge >= 0.3 is 0 Å². The molecular formula is C9H9F2N. The normalized spacial score (nSPS) is 33.4. The van der Waals surface area contributed by atoms with Crippen LogP contribution in [0.4, 0.5) is 8.78 Å². The Labute approximate surface area is 69.2 Å². The minimum Gasteiger partial charge on any atom is -0.325 e. The highest BCUT2D eigenvalue weighted by Crippen LogP contribution is 2.48. The monoisotopic (exact) mass is 169 g/mol. The van der Waals surface area contributed by atoms with Gasteiger partial charge in [-0.1, -0.05) is 18.2 Å². The van der Waals surface area contributed by atoms with Gasteiger partial charge < -0.3 is 5.73 Å². The van der Waals surface area contributed by atoms with Crippen molar-refractivity contribution in [2.24, 2.45) is 5.73 Å². The van der Waals surface area contributed by atoms with Gasteiger partial charge in [0.25, 0.3) is 0 Å². The summed E-state index contributed by atoms with van der Waals surface area (Å²) in [5, 5.41) is 0. The van der Waals surface area contributed by atoms with Crippen molar-refractivity contribution in [3.05, 3.63) is 35.6 Å². The maximum Gasteiger partial charge on any atom is 0.155 e.